The molecule has 1 aliphatic heterocycles. The van der Waals surface area contributed by atoms with Gasteiger partial charge >= 0.3 is 0 Å². The molecule has 0 aliphatic carbocycles. The Hall–Kier alpha value is -1.35. The van der Waals surface area contributed by atoms with E-state index in [1.165, 1.54) is 6.42 Å². The number of hydrogen-bond acceptors (Lipinski definition) is 3. The van der Waals surface area contributed by atoms with Gasteiger partial charge in [-0.1, -0.05) is 37.2 Å². The molecule has 1 aromatic rings. The third-order valence-electron chi connectivity index (χ3n) is 3.60. The van der Waals surface area contributed by atoms with Gasteiger partial charge in [-0.3, -0.25) is 0 Å². The lowest BCUT2D eigenvalue weighted by atomic mass is 10.1. The Kier molecular flexibility index (Phi) is 5.80. The molecule has 21 heavy (non-hydrogen) atoms. The molecular formula is C16H21NO3S. The van der Waals surface area contributed by atoms with Crippen molar-refractivity contribution in [3.63, 3.8) is 0 Å². The monoisotopic (exact) mass is 307 g/mol. The average molecular weight is 307 g/mol. The Bertz CT molecular complexity index is 620. The molecule has 0 bridgehead atoms. The molecule has 0 unspecified atom stereocenters. The van der Waals surface area contributed by atoms with Crippen molar-refractivity contribution in [2.45, 2.75) is 37.0 Å². The van der Waals surface area contributed by atoms with Crippen molar-refractivity contribution in [1.29, 1.82) is 0 Å². The number of nitrogens with zero attached hydrogens (tertiary/aromatic N) is 1. The van der Waals surface area contributed by atoms with E-state index in [1.54, 1.807) is 28.6 Å². The third kappa shape index (κ3) is 4.31. The van der Waals surface area contributed by atoms with Gasteiger partial charge in [-0.15, -0.1) is 0 Å². The van der Waals surface area contributed by atoms with Crippen molar-refractivity contribution < 1.29 is 13.5 Å². The first-order valence-electron chi connectivity index (χ1n) is 7.34. The van der Waals surface area contributed by atoms with Crippen LogP contribution in [0.2, 0.25) is 0 Å². The summed E-state index contributed by atoms with van der Waals surface area (Å²) in [4.78, 5) is 0.285. The molecule has 0 amide bonds. The van der Waals surface area contributed by atoms with E-state index in [-0.39, 0.29) is 11.5 Å². The van der Waals surface area contributed by atoms with E-state index >= 15 is 0 Å². The Morgan fingerprint density at radius 2 is 1.76 bits per heavy atom. The van der Waals surface area contributed by atoms with E-state index in [1.807, 2.05) is 0 Å². The van der Waals surface area contributed by atoms with Crippen LogP contribution in [0, 0.1) is 11.8 Å². The predicted octanol–water partition coefficient (Wildman–Crippen LogP) is 1.99. The number of benzene rings is 1. The first-order chi connectivity index (χ1) is 10.1. The van der Waals surface area contributed by atoms with Gasteiger partial charge in [0.1, 0.15) is 6.61 Å². The largest absolute Gasteiger partial charge is 0.384 e. The van der Waals surface area contributed by atoms with E-state index < -0.39 is 10.0 Å². The lowest BCUT2D eigenvalue weighted by Crippen LogP contribution is -2.33. The zero-order valence-corrected chi connectivity index (χ0v) is 12.9. The first kappa shape index (κ1) is 16.0. The highest BCUT2D eigenvalue weighted by molar-refractivity contribution is 7.89. The van der Waals surface area contributed by atoms with Crippen LogP contribution in [0.1, 0.15) is 37.7 Å². The number of aliphatic hydroxyl groups excluding tert-OH is 1. The van der Waals surface area contributed by atoms with Gasteiger partial charge in [-0.2, -0.15) is 4.31 Å². The Morgan fingerprint density at radius 3 is 2.43 bits per heavy atom. The average Bonchev–Trinajstić information content (AvgIpc) is 2.44. The molecule has 0 saturated carbocycles. The minimum Gasteiger partial charge on any atom is -0.384 e. The van der Waals surface area contributed by atoms with Crippen LogP contribution in [0.5, 0.6) is 0 Å². The van der Waals surface area contributed by atoms with Gasteiger partial charge in [0.05, 0.1) is 4.90 Å². The fraction of sp³-hybridized carbons (Fsp3) is 0.500. The Morgan fingerprint density at radius 1 is 1.10 bits per heavy atom. The second-order valence-electron chi connectivity index (χ2n) is 5.16. The van der Waals surface area contributed by atoms with E-state index in [0.29, 0.717) is 18.7 Å². The molecule has 5 heteroatoms. The summed E-state index contributed by atoms with van der Waals surface area (Å²) in [5.41, 5.74) is 0.608. The maximum absolute atomic E-state index is 12.7. The van der Waals surface area contributed by atoms with E-state index in [2.05, 4.69) is 11.8 Å². The van der Waals surface area contributed by atoms with Gasteiger partial charge in [0.15, 0.2) is 0 Å². The summed E-state index contributed by atoms with van der Waals surface area (Å²) in [5, 5.41) is 8.72. The van der Waals surface area contributed by atoms with Crippen molar-refractivity contribution in [2.24, 2.45) is 0 Å². The fourth-order valence-electron chi connectivity index (χ4n) is 2.48. The van der Waals surface area contributed by atoms with Gasteiger partial charge in [-0.25, -0.2) is 8.42 Å². The topological polar surface area (TPSA) is 57.6 Å². The maximum atomic E-state index is 12.7. The summed E-state index contributed by atoms with van der Waals surface area (Å²) in [5.74, 6) is 5.29. The van der Waals surface area contributed by atoms with E-state index in [4.69, 9.17) is 5.11 Å². The molecule has 0 radical (unpaired) electrons. The number of sulfonamides is 1. The molecule has 1 saturated heterocycles. The van der Waals surface area contributed by atoms with Crippen LogP contribution in [0.25, 0.3) is 0 Å². The zero-order chi connectivity index (χ0) is 15.1. The Labute approximate surface area is 126 Å². The molecule has 0 spiro atoms. The summed E-state index contributed by atoms with van der Waals surface area (Å²) >= 11 is 0. The van der Waals surface area contributed by atoms with Crippen molar-refractivity contribution in [3.8, 4) is 11.8 Å². The predicted molar refractivity (Wildman–Crippen MR) is 82.2 cm³/mol. The fourth-order valence-corrected chi connectivity index (χ4v) is 4.05. The van der Waals surface area contributed by atoms with Gasteiger partial charge in [0.25, 0.3) is 0 Å². The molecule has 1 aromatic carbocycles. The second kappa shape index (κ2) is 7.60. The van der Waals surface area contributed by atoms with Crippen LogP contribution in [-0.2, 0) is 10.0 Å². The molecule has 114 valence electrons. The highest BCUT2D eigenvalue weighted by Crippen LogP contribution is 2.20. The quantitative estimate of drug-likeness (QED) is 0.850. The molecule has 1 fully saturated rings. The molecule has 1 aliphatic rings. The molecule has 0 aromatic heterocycles. The standard InChI is InChI=1S/C16H21NO3S/c18-13-7-9-15-8-6-10-16(14-15)21(19,20)17-11-4-2-1-3-5-12-17/h6,8,10,14,18H,1-5,11-13H2. The highest BCUT2D eigenvalue weighted by atomic mass is 32.2. The third-order valence-corrected chi connectivity index (χ3v) is 5.49. The number of hydrogen-bond donors (Lipinski definition) is 1. The number of rotatable bonds is 2. The molecule has 0 atom stereocenters. The van der Waals surface area contributed by atoms with Gasteiger partial charge in [0, 0.05) is 18.7 Å². The van der Waals surface area contributed by atoms with Gasteiger partial charge in [0.2, 0.25) is 10.0 Å². The summed E-state index contributed by atoms with van der Waals surface area (Å²) < 4.78 is 27.0. The molecule has 4 nitrogen and oxygen atoms in total. The van der Waals surface area contributed by atoms with Gasteiger partial charge < -0.3 is 5.11 Å². The van der Waals surface area contributed by atoms with Crippen molar-refractivity contribution in [1.82, 2.24) is 4.31 Å². The first-order valence-corrected chi connectivity index (χ1v) is 8.78. The highest BCUT2D eigenvalue weighted by Gasteiger charge is 2.24. The van der Waals surface area contributed by atoms with E-state index in [9.17, 15) is 8.42 Å². The van der Waals surface area contributed by atoms with Crippen LogP contribution in [-0.4, -0.2) is 37.5 Å². The molecule has 1 heterocycles. The maximum Gasteiger partial charge on any atom is 0.243 e. The summed E-state index contributed by atoms with van der Waals surface area (Å²) in [6, 6.07) is 6.63. The molecule has 1 N–H and O–H groups in total. The molecule has 2 rings (SSSR count). The van der Waals surface area contributed by atoms with Crippen molar-refractivity contribution in [3.05, 3.63) is 29.8 Å². The Balaban J connectivity index is 2.25. The summed E-state index contributed by atoms with van der Waals surface area (Å²) in [6.07, 6.45) is 5.22. The minimum atomic E-state index is -3.45. The normalized spacial score (nSPS) is 17.4. The SMILES string of the molecule is O=S(=O)(c1cccc(C#CCO)c1)N1CCCCCCC1. The smallest absolute Gasteiger partial charge is 0.243 e. The van der Waals surface area contributed by atoms with Crippen LogP contribution < -0.4 is 0 Å². The number of aliphatic hydroxyl groups is 1. The second-order valence-corrected chi connectivity index (χ2v) is 7.10. The molecular weight excluding hydrogens is 286 g/mol. The van der Waals surface area contributed by atoms with Crippen LogP contribution in [0.15, 0.2) is 29.2 Å². The van der Waals surface area contributed by atoms with Gasteiger partial charge in [-0.05, 0) is 31.0 Å². The zero-order valence-electron chi connectivity index (χ0n) is 12.1. The minimum absolute atomic E-state index is 0.233. The van der Waals surface area contributed by atoms with Crippen molar-refractivity contribution in [2.75, 3.05) is 19.7 Å². The lowest BCUT2D eigenvalue weighted by molar-refractivity contribution is 0.350. The van der Waals surface area contributed by atoms with Crippen LogP contribution >= 0.6 is 0 Å². The summed E-state index contributed by atoms with van der Waals surface area (Å²) in [7, 11) is -3.45. The summed E-state index contributed by atoms with van der Waals surface area (Å²) in [6.45, 7) is 0.951. The van der Waals surface area contributed by atoms with Crippen molar-refractivity contribution >= 4 is 10.0 Å². The van der Waals surface area contributed by atoms with Crippen LogP contribution in [0.3, 0.4) is 0 Å². The van der Waals surface area contributed by atoms with Crippen LogP contribution in [0.4, 0.5) is 0 Å². The lowest BCUT2D eigenvalue weighted by Gasteiger charge is -2.24. The van der Waals surface area contributed by atoms with E-state index in [0.717, 1.165) is 25.7 Å².